The third kappa shape index (κ3) is 4.47. The van der Waals surface area contributed by atoms with E-state index in [1.54, 1.807) is 0 Å². The van der Waals surface area contributed by atoms with Crippen LogP contribution in [0.3, 0.4) is 0 Å². The van der Waals surface area contributed by atoms with Crippen molar-refractivity contribution in [2.24, 2.45) is 5.92 Å². The molecule has 2 atom stereocenters. The lowest BCUT2D eigenvalue weighted by molar-refractivity contribution is 0.222. The summed E-state index contributed by atoms with van der Waals surface area (Å²) in [4.78, 5) is 15.9. The molecule has 1 amide bonds. The maximum atomic E-state index is 11.6. The first-order chi connectivity index (χ1) is 13.6. The standard InChI is InChI=1S/C22H31IN4O/c1-17-5-3-2-4-6-18(8-7-17)19-15-21-20(9-10-24-27(21)16-19)25-11-13-26(14-12-25)22(23)28/h9-10,15-18H,2-8,11-14H2,1H3. The maximum Gasteiger partial charge on any atom is 0.283 e. The Morgan fingerprint density at radius 2 is 1.86 bits per heavy atom. The van der Waals surface area contributed by atoms with E-state index in [2.05, 4.69) is 39.8 Å². The minimum absolute atomic E-state index is 0.150. The summed E-state index contributed by atoms with van der Waals surface area (Å²) in [6, 6.07) is 4.51. The molecule has 1 aliphatic heterocycles. The number of carbonyl (C=O) groups is 1. The van der Waals surface area contributed by atoms with Crippen molar-refractivity contribution < 1.29 is 4.79 Å². The largest absolute Gasteiger partial charge is 0.366 e. The van der Waals surface area contributed by atoms with Crippen molar-refractivity contribution in [3.05, 3.63) is 30.1 Å². The summed E-state index contributed by atoms with van der Waals surface area (Å²) in [7, 11) is 0. The van der Waals surface area contributed by atoms with E-state index < -0.39 is 0 Å². The van der Waals surface area contributed by atoms with Crippen LogP contribution in [0.4, 0.5) is 10.5 Å². The number of nitrogens with zero attached hydrogens (tertiary/aromatic N) is 4. The smallest absolute Gasteiger partial charge is 0.283 e. The predicted molar refractivity (Wildman–Crippen MR) is 123 cm³/mol. The molecule has 2 aromatic heterocycles. The van der Waals surface area contributed by atoms with E-state index in [-0.39, 0.29) is 3.91 Å². The first-order valence-corrected chi connectivity index (χ1v) is 11.9. The quantitative estimate of drug-likeness (QED) is 0.316. The molecule has 1 aliphatic carbocycles. The second kappa shape index (κ2) is 9.01. The number of aromatic nitrogens is 2. The van der Waals surface area contributed by atoms with E-state index >= 15 is 0 Å². The summed E-state index contributed by atoms with van der Waals surface area (Å²) in [5.41, 5.74) is 3.91. The molecule has 2 fully saturated rings. The highest BCUT2D eigenvalue weighted by molar-refractivity contribution is 14.1. The van der Waals surface area contributed by atoms with Crippen LogP contribution in [0.5, 0.6) is 0 Å². The molecule has 0 spiro atoms. The highest BCUT2D eigenvalue weighted by atomic mass is 127. The van der Waals surface area contributed by atoms with Gasteiger partial charge >= 0.3 is 0 Å². The Balaban J connectivity index is 1.56. The second-order valence-electron chi connectivity index (χ2n) is 8.56. The number of carbonyl (C=O) groups excluding carboxylic acids is 1. The van der Waals surface area contributed by atoms with Crippen LogP contribution in [0.1, 0.15) is 63.4 Å². The van der Waals surface area contributed by atoms with Gasteiger partial charge in [-0.15, -0.1) is 0 Å². The average molecular weight is 494 g/mol. The summed E-state index contributed by atoms with van der Waals surface area (Å²) in [5, 5.41) is 4.60. The topological polar surface area (TPSA) is 40.8 Å². The molecule has 28 heavy (non-hydrogen) atoms. The highest BCUT2D eigenvalue weighted by Crippen LogP contribution is 2.34. The van der Waals surface area contributed by atoms with Gasteiger partial charge in [0.25, 0.3) is 3.91 Å². The van der Waals surface area contributed by atoms with Gasteiger partial charge in [-0.1, -0.05) is 39.0 Å². The van der Waals surface area contributed by atoms with Crippen LogP contribution in [0.2, 0.25) is 0 Å². The molecule has 1 saturated heterocycles. The average Bonchev–Trinajstić information content (AvgIpc) is 3.16. The predicted octanol–water partition coefficient (Wildman–Crippen LogP) is 5.48. The number of fused-ring (bicyclic) bond motifs is 1. The molecule has 0 aromatic carbocycles. The Hall–Kier alpha value is -1.31. The molecule has 2 aliphatic rings. The third-order valence-electron chi connectivity index (χ3n) is 6.61. The fraction of sp³-hybridized carbons (Fsp3) is 0.636. The number of anilines is 1. The van der Waals surface area contributed by atoms with Gasteiger partial charge in [-0.2, -0.15) is 5.10 Å². The summed E-state index contributed by atoms with van der Waals surface area (Å²) < 4.78 is 2.22. The first-order valence-electron chi connectivity index (χ1n) is 10.8. The van der Waals surface area contributed by atoms with Crippen LogP contribution in [0, 0.1) is 5.92 Å². The molecular weight excluding hydrogens is 463 g/mol. The van der Waals surface area contributed by atoms with Gasteiger partial charge in [-0.25, -0.2) is 4.52 Å². The van der Waals surface area contributed by atoms with E-state index in [1.165, 1.54) is 61.7 Å². The van der Waals surface area contributed by atoms with Gasteiger partial charge in [0, 0.05) is 61.2 Å². The van der Waals surface area contributed by atoms with Gasteiger partial charge in [0.1, 0.15) is 0 Å². The van der Waals surface area contributed by atoms with Crippen molar-refractivity contribution in [3.8, 4) is 0 Å². The molecule has 2 unspecified atom stereocenters. The molecule has 152 valence electrons. The first kappa shape index (κ1) is 20.0. The number of hydrogen-bond acceptors (Lipinski definition) is 3. The van der Waals surface area contributed by atoms with E-state index in [1.807, 2.05) is 33.7 Å². The molecule has 2 aromatic rings. The Morgan fingerprint density at radius 1 is 1.07 bits per heavy atom. The zero-order chi connectivity index (χ0) is 19.5. The molecule has 5 nitrogen and oxygen atoms in total. The van der Waals surface area contributed by atoms with Gasteiger partial charge < -0.3 is 9.80 Å². The zero-order valence-corrected chi connectivity index (χ0v) is 19.0. The van der Waals surface area contributed by atoms with Crippen LogP contribution in [-0.4, -0.2) is 44.6 Å². The fourth-order valence-electron chi connectivity index (χ4n) is 4.80. The number of halogens is 1. The monoisotopic (exact) mass is 494 g/mol. The van der Waals surface area contributed by atoms with Crippen molar-refractivity contribution in [2.75, 3.05) is 31.1 Å². The molecule has 6 heteroatoms. The van der Waals surface area contributed by atoms with Crippen molar-refractivity contribution in [1.29, 1.82) is 0 Å². The van der Waals surface area contributed by atoms with Crippen molar-refractivity contribution in [2.45, 2.75) is 57.8 Å². The van der Waals surface area contributed by atoms with E-state index in [4.69, 9.17) is 0 Å². The summed E-state index contributed by atoms with van der Waals surface area (Å²) >= 11 is 1.89. The summed E-state index contributed by atoms with van der Waals surface area (Å²) in [6.45, 7) is 5.78. The Labute approximate surface area is 181 Å². The zero-order valence-electron chi connectivity index (χ0n) is 16.8. The van der Waals surface area contributed by atoms with Gasteiger partial charge in [0.2, 0.25) is 0 Å². The number of amides is 1. The minimum Gasteiger partial charge on any atom is -0.366 e. The Bertz CT molecular complexity index is 812. The van der Waals surface area contributed by atoms with Gasteiger partial charge in [-0.3, -0.25) is 4.79 Å². The van der Waals surface area contributed by atoms with E-state index in [9.17, 15) is 4.79 Å². The summed E-state index contributed by atoms with van der Waals surface area (Å²) in [5.74, 6) is 1.51. The summed E-state index contributed by atoms with van der Waals surface area (Å²) in [6.07, 6.45) is 13.6. The molecule has 0 radical (unpaired) electrons. The second-order valence-corrected chi connectivity index (χ2v) is 9.49. The lowest BCUT2D eigenvalue weighted by Gasteiger charge is -2.35. The highest BCUT2D eigenvalue weighted by Gasteiger charge is 2.23. The normalized spacial score (nSPS) is 24.6. The molecule has 0 N–H and O–H groups in total. The van der Waals surface area contributed by atoms with Crippen LogP contribution in [0.15, 0.2) is 24.5 Å². The van der Waals surface area contributed by atoms with E-state index in [0.717, 1.165) is 32.1 Å². The number of rotatable bonds is 2. The van der Waals surface area contributed by atoms with Crippen molar-refractivity contribution >= 4 is 37.7 Å². The lowest BCUT2D eigenvalue weighted by atomic mass is 9.89. The van der Waals surface area contributed by atoms with Gasteiger partial charge in [0.15, 0.2) is 0 Å². The van der Waals surface area contributed by atoms with Crippen molar-refractivity contribution in [1.82, 2.24) is 14.5 Å². The Morgan fingerprint density at radius 3 is 2.64 bits per heavy atom. The maximum absolute atomic E-state index is 11.6. The van der Waals surface area contributed by atoms with Crippen LogP contribution in [0.25, 0.3) is 5.52 Å². The Kier molecular flexibility index (Phi) is 6.43. The van der Waals surface area contributed by atoms with Crippen molar-refractivity contribution in [3.63, 3.8) is 0 Å². The van der Waals surface area contributed by atoms with Gasteiger partial charge in [0.05, 0.1) is 11.2 Å². The van der Waals surface area contributed by atoms with Crippen LogP contribution >= 0.6 is 22.6 Å². The SMILES string of the molecule is CC1CCCCCC(c2cc3c(N4CCN(C(=O)I)CC4)ccnn3c2)CC1. The van der Waals surface area contributed by atoms with E-state index in [0.29, 0.717) is 5.92 Å². The molecular formula is C22H31IN4O. The molecule has 0 bridgehead atoms. The molecule has 1 saturated carbocycles. The van der Waals surface area contributed by atoms with Crippen LogP contribution < -0.4 is 4.90 Å². The number of piperazine rings is 1. The molecule has 3 heterocycles. The third-order valence-corrected chi connectivity index (χ3v) is 7.29. The van der Waals surface area contributed by atoms with Crippen LogP contribution in [-0.2, 0) is 0 Å². The molecule has 4 rings (SSSR count). The minimum atomic E-state index is 0.150. The lowest BCUT2D eigenvalue weighted by Crippen LogP contribution is -2.47. The van der Waals surface area contributed by atoms with Gasteiger partial charge in [-0.05, 0) is 42.4 Å². The fourth-order valence-corrected chi connectivity index (χ4v) is 5.28. The number of hydrogen-bond donors (Lipinski definition) is 0.